The number of ether oxygens (including phenoxy) is 1. The zero-order valence-corrected chi connectivity index (χ0v) is 32.6. The van der Waals surface area contributed by atoms with Crippen molar-refractivity contribution in [3.8, 4) is 39.4 Å². The molecule has 3 heteroatoms. The number of nitrogens with zero attached hydrogens (tertiary/aromatic N) is 2. The SMILES string of the molecule is C=C1Oc2ccccc2C2Cc3c(n(-c4ccccc4)c4ccc(-c5ccc(C6=Cc7c(n(-c8ccccc8)c8ccccc78)CC6)c(-c6ccccc6)c5)cc34)C=C12. The summed E-state index contributed by atoms with van der Waals surface area (Å²) in [6, 6.07) is 63.9. The maximum absolute atomic E-state index is 6.29. The molecule has 0 radical (unpaired) electrons. The molecule has 0 bridgehead atoms. The van der Waals surface area contributed by atoms with E-state index in [-0.39, 0.29) is 5.92 Å². The van der Waals surface area contributed by atoms with Crippen LogP contribution in [0.15, 0.2) is 194 Å². The van der Waals surface area contributed by atoms with E-state index in [9.17, 15) is 0 Å². The number of aromatic nitrogens is 2. The molecule has 3 nitrogen and oxygen atoms in total. The highest BCUT2D eigenvalue weighted by Crippen LogP contribution is 2.50. The summed E-state index contributed by atoms with van der Waals surface area (Å²) in [5.41, 5.74) is 20.1. The predicted octanol–water partition coefficient (Wildman–Crippen LogP) is 14.0. The van der Waals surface area contributed by atoms with Gasteiger partial charge in [-0.05, 0) is 125 Å². The summed E-state index contributed by atoms with van der Waals surface area (Å²) in [5.74, 6) is 1.84. The summed E-state index contributed by atoms with van der Waals surface area (Å²) in [5, 5.41) is 2.59. The van der Waals surface area contributed by atoms with Gasteiger partial charge in [-0.1, -0.05) is 128 Å². The molecule has 0 spiro atoms. The lowest BCUT2D eigenvalue weighted by Gasteiger charge is -2.32. The lowest BCUT2D eigenvalue weighted by Crippen LogP contribution is -2.20. The zero-order valence-electron chi connectivity index (χ0n) is 32.6. The van der Waals surface area contributed by atoms with Gasteiger partial charge < -0.3 is 13.9 Å². The Hall–Kier alpha value is -7.36. The molecule has 59 heavy (non-hydrogen) atoms. The Labute approximate surface area is 344 Å². The van der Waals surface area contributed by atoms with Crippen LogP contribution in [0.5, 0.6) is 5.75 Å². The van der Waals surface area contributed by atoms with Crippen molar-refractivity contribution in [3.63, 3.8) is 0 Å². The van der Waals surface area contributed by atoms with Crippen molar-refractivity contribution in [2.45, 2.75) is 25.2 Å². The third-order valence-corrected chi connectivity index (χ3v) is 12.8. The van der Waals surface area contributed by atoms with Crippen LogP contribution in [0.2, 0.25) is 0 Å². The van der Waals surface area contributed by atoms with Gasteiger partial charge in [0, 0.05) is 50.5 Å². The van der Waals surface area contributed by atoms with Gasteiger partial charge in [0.2, 0.25) is 0 Å². The van der Waals surface area contributed by atoms with Crippen molar-refractivity contribution in [2.75, 3.05) is 0 Å². The Kier molecular flexibility index (Phi) is 7.64. The lowest BCUT2D eigenvalue weighted by atomic mass is 9.78. The van der Waals surface area contributed by atoms with Crippen molar-refractivity contribution in [2.24, 2.45) is 0 Å². The van der Waals surface area contributed by atoms with Crippen LogP contribution in [0, 0.1) is 0 Å². The van der Waals surface area contributed by atoms with Crippen LogP contribution in [0.3, 0.4) is 0 Å². The minimum absolute atomic E-state index is 0.188. The first-order chi connectivity index (χ1) is 29.2. The van der Waals surface area contributed by atoms with Crippen molar-refractivity contribution < 1.29 is 4.74 Å². The van der Waals surface area contributed by atoms with Crippen LogP contribution in [0.1, 0.15) is 46.0 Å². The van der Waals surface area contributed by atoms with Gasteiger partial charge in [-0.15, -0.1) is 0 Å². The van der Waals surface area contributed by atoms with Crippen LogP contribution in [-0.4, -0.2) is 9.13 Å². The van der Waals surface area contributed by atoms with E-state index >= 15 is 0 Å². The molecule has 1 aliphatic heterocycles. The summed E-state index contributed by atoms with van der Waals surface area (Å²) in [6.45, 7) is 4.39. The Morgan fingerprint density at radius 2 is 1.19 bits per heavy atom. The van der Waals surface area contributed by atoms with E-state index in [1.165, 1.54) is 89.0 Å². The number of fused-ring (bicyclic) bond motifs is 9. The number of benzene rings is 7. The maximum atomic E-state index is 6.29. The van der Waals surface area contributed by atoms with Crippen LogP contribution in [-0.2, 0) is 12.8 Å². The summed E-state index contributed by atoms with van der Waals surface area (Å²) < 4.78 is 11.2. The van der Waals surface area contributed by atoms with Crippen molar-refractivity contribution in [1.82, 2.24) is 9.13 Å². The average Bonchev–Trinajstić information content (AvgIpc) is 3.81. The van der Waals surface area contributed by atoms with Gasteiger partial charge in [-0.25, -0.2) is 0 Å². The number of hydrogen-bond donors (Lipinski definition) is 0. The normalized spacial score (nSPS) is 15.5. The van der Waals surface area contributed by atoms with E-state index in [1.54, 1.807) is 0 Å². The van der Waals surface area contributed by atoms with Crippen LogP contribution >= 0.6 is 0 Å². The fourth-order valence-electron chi connectivity index (χ4n) is 10.1. The van der Waals surface area contributed by atoms with E-state index in [4.69, 9.17) is 4.74 Å². The first-order valence-corrected chi connectivity index (χ1v) is 20.7. The van der Waals surface area contributed by atoms with Gasteiger partial charge in [0.15, 0.2) is 0 Å². The molecule has 2 aliphatic carbocycles. The highest BCUT2D eigenvalue weighted by molar-refractivity contribution is 6.01. The molecule has 1 atom stereocenters. The molecule has 0 saturated heterocycles. The molecule has 3 heterocycles. The number of para-hydroxylation sites is 4. The van der Waals surface area contributed by atoms with Gasteiger partial charge in [0.05, 0.1) is 16.7 Å². The highest BCUT2D eigenvalue weighted by Gasteiger charge is 2.35. The van der Waals surface area contributed by atoms with Gasteiger partial charge in [-0.3, -0.25) is 0 Å². The molecular weight excluding hydrogens is 717 g/mol. The smallest absolute Gasteiger partial charge is 0.131 e. The molecule has 0 fully saturated rings. The molecule has 0 saturated carbocycles. The molecule has 0 N–H and O–H groups in total. The number of rotatable bonds is 5. The van der Waals surface area contributed by atoms with E-state index in [1.807, 2.05) is 6.07 Å². The minimum atomic E-state index is 0.188. The molecule has 0 amide bonds. The summed E-state index contributed by atoms with van der Waals surface area (Å²) >= 11 is 0. The largest absolute Gasteiger partial charge is 0.457 e. The van der Waals surface area contributed by atoms with E-state index in [0.717, 1.165) is 42.0 Å². The Bertz CT molecular complexity index is 3210. The summed E-state index contributed by atoms with van der Waals surface area (Å²) in [7, 11) is 0. The summed E-state index contributed by atoms with van der Waals surface area (Å²) in [6.07, 6.45) is 7.62. The topological polar surface area (TPSA) is 19.1 Å². The van der Waals surface area contributed by atoms with E-state index in [2.05, 4.69) is 198 Å². The fraction of sp³-hybridized carbons (Fsp3) is 0.0714. The van der Waals surface area contributed by atoms with Crippen LogP contribution in [0.4, 0.5) is 0 Å². The second-order valence-electron chi connectivity index (χ2n) is 16.0. The fourth-order valence-corrected chi connectivity index (χ4v) is 10.1. The second kappa shape index (κ2) is 13.4. The van der Waals surface area contributed by atoms with Gasteiger partial charge in [0.1, 0.15) is 11.5 Å². The lowest BCUT2D eigenvalue weighted by molar-refractivity contribution is 0.401. The highest BCUT2D eigenvalue weighted by atomic mass is 16.5. The van der Waals surface area contributed by atoms with E-state index < -0.39 is 0 Å². The third-order valence-electron chi connectivity index (χ3n) is 12.8. The molecule has 1 unspecified atom stereocenters. The Morgan fingerprint density at radius 3 is 2.00 bits per heavy atom. The molecular formula is C56H40N2O. The zero-order chi connectivity index (χ0) is 39.0. The Morgan fingerprint density at radius 1 is 0.525 bits per heavy atom. The van der Waals surface area contributed by atoms with Crippen molar-refractivity contribution >= 4 is 39.5 Å². The molecule has 7 aromatic carbocycles. The molecule has 2 aromatic heterocycles. The molecule has 12 rings (SSSR count). The van der Waals surface area contributed by atoms with E-state index in [0.29, 0.717) is 0 Å². The monoisotopic (exact) mass is 756 g/mol. The first-order valence-electron chi connectivity index (χ1n) is 20.7. The van der Waals surface area contributed by atoms with Crippen molar-refractivity contribution in [1.29, 1.82) is 0 Å². The molecule has 3 aliphatic rings. The van der Waals surface area contributed by atoms with Crippen molar-refractivity contribution in [3.05, 3.63) is 227 Å². The van der Waals surface area contributed by atoms with Crippen LogP contribution < -0.4 is 4.74 Å². The second-order valence-corrected chi connectivity index (χ2v) is 16.0. The van der Waals surface area contributed by atoms with Gasteiger partial charge in [0.25, 0.3) is 0 Å². The minimum Gasteiger partial charge on any atom is -0.457 e. The maximum Gasteiger partial charge on any atom is 0.131 e. The predicted molar refractivity (Wildman–Crippen MR) is 244 cm³/mol. The Balaban J connectivity index is 1.01. The first kappa shape index (κ1) is 33.7. The number of hydrogen-bond acceptors (Lipinski definition) is 1. The third kappa shape index (κ3) is 5.35. The molecule has 280 valence electrons. The summed E-state index contributed by atoms with van der Waals surface area (Å²) in [4.78, 5) is 0. The van der Waals surface area contributed by atoms with Crippen LogP contribution in [0.25, 0.3) is 73.2 Å². The van der Waals surface area contributed by atoms with Gasteiger partial charge in [-0.2, -0.15) is 0 Å². The van der Waals surface area contributed by atoms with Gasteiger partial charge >= 0.3 is 0 Å². The quantitative estimate of drug-likeness (QED) is 0.171. The standard InChI is InChI=1S/C56H40N2O/c1-36-46-35-55-51(34-48(46)45-22-12-14-24-56(45)59-36)50-32-39(26-29-54(50)58(55)42-19-9-4-10-20-42)38-25-28-43(47(31-38)37-15-5-2-6-16-37)40-27-30-53-49(33-40)44-21-11-13-23-52(44)57(53)41-17-7-3-8-18-41/h2-26,28-29,31-33,35,48H,1,27,30,34H2. The average molecular weight is 757 g/mol. The molecule has 9 aromatic rings. The number of allylic oxidation sites excluding steroid dienone is 2.